The van der Waals surface area contributed by atoms with Crippen molar-refractivity contribution in [2.24, 2.45) is 0 Å². The molecule has 6 heteroatoms. The van der Waals surface area contributed by atoms with E-state index in [0.717, 1.165) is 18.1 Å². The van der Waals surface area contributed by atoms with Gasteiger partial charge in [0.25, 0.3) is 0 Å². The Morgan fingerprint density at radius 3 is 3.06 bits per heavy atom. The molecule has 5 nitrogen and oxygen atoms in total. The summed E-state index contributed by atoms with van der Waals surface area (Å²) in [6, 6.07) is 0. The van der Waals surface area contributed by atoms with Crippen LogP contribution in [0.2, 0.25) is 0 Å². The zero-order valence-electron chi connectivity index (χ0n) is 10.5. The van der Waals surface area contributed by atoms with E-state index in [1.54, 1.807) is 13.4 Å². The molecule has 1 aromatic heterocycles. The molecule has 1 rings (SSSR count). The van der Waals surface area contributed by atoms with Crippen LogP contribution in [0.5, 0.6) is 0 Å². The summed E-state index contributed by atoms with van der Waals surface area (Å²) < 4.78 is 6.96. The number of carbonyl (C=O) groups is 1. The predicted molar refractivity (Wildman–Crippen MR) is 67.1 cm³/mol. The number of methoxy groups -OCH3 is 1. The molecular weight excluding hydrogens is 238 g/mol. The average molecular weight is 257 g/mol. The van der Waals surface area contributed by atoms with Crippen LogP contribution in [0.3, 0.4) is 0 Å². The van der Waals surface area contributed by atoms with Gasteiger partial charge in [-0.2, -0.15) is 0 Å². The highest BCUT2D eigenvalue weighted by molar-refractivity contribution is 8.00. The van der Waals surface area contributed by atoms with Gasteiger partial charge in [-0.1, -0.05) is 18.7 Å². The van der Waals surface area contributed by atoms with Gasteiger partial charge in [-0.15, -0.1) is 10.2 Å². The third kappa shape index (κ3) is 4.47. The fourth-order valence-corrected chi connectivity index (χ4v) is 2.36. The van der Waals surface area contributed by atoms with Gasteiger partial charge in [-0.25, -0.2) is 0 Å². The minimum absolute atomic E-state index is 0.0645. The summed E-state index contributed by atoms with van der Waals surface area (Å²) in [6.07, 6.45) is 3.17. The van der Waals surface area contributed by atoms with E-state index in [4.69, 9.17) is 4.74 Å². The second kappa shape index (κ2) is 7.45. The van der Waals surface area contributed by atoms with E-state index in [9.17, 15) is 4.79 Å². The number of thioether (sulfide) groups is 1. The summed E-state index contributed by atoms with van der Waals surface area (Å²) in [5.41, 5.74) is 0. The smallest absolute Gasteiger partial charge is 0.191 e. The van der Waals surface area contributed by atoms with Crippen molar-refractivity contribution in [3.63, 3.8) is 0 Å². The molecule has 1 aromatic rings. The first-order valence-corrected chi connectivity index (χ1v) is 6.63. The number of nitrogens with zero attached hydrogens (tertiary/aromatic N) is 3. The van der Waals surface area contributed by atoms with E-state index in [1.165, 1.54) is 11.8 Å². The van der Waals surface area contributed by atoms with Gasteiger partial charge in [0.15, 0.2) is 5.16 Å². The fourth-order valence-electron chi connectivity index (χ4n) is 1.38. The Balaban J connectivity index is 2.53. The summed E-state index contributed by atoms with van der Waals surface area (Å²) in [5.74, 6) is 0.237. The van der Waals surface area contributed by atoms with Gasteiger partial charge >= 0.3 is 0 Å². The summed E-state index contributed by atoms with van der Waals surface area (Å²) in [4.78, 5) is 11.5. The lowest BCUT2D eigenvalue weighted by atomic mass is 10.2. The van der Waals surface area contributed by atoms with Crippen LogP contribution in [0, 0.1) is 0 Å². The van der Waals surface area contributed by atoms with E-state index in [2.05, 4.69) is 10.2 Å². The van der Waals surface area contributed by atoms with Crippen LogP contribution in [0.1, 0.15) is 26.7 Å². The Hall–Kier alpha value is -0.880. The Bertz CT molecular complexity index is 354. The second-order valence-electron chi connectivity index (χ2n) is 3.73. The van der Waals surface area contributed by atoms with E-state index < -0.39 is 0 Å². The maximum Gasteiger partial charge on any atom is 0.191 e. The molecule has 0 aliphatic heterocycles. The fraction of sp³-hybridized carbons (Fsp3) is 0.727. The lowest BCUT2D eigenvalue weighted by molar-refractivity contribution is -0.118. The van der Waals surface area contributed by atoms with Gasteiger partial charge < -0.3 is 9.30 Å². The summed E-state index contributed by atoms with van der Waals surface area (Å²) in [5, 5.41) is 8.65. The van der Waals surface area contributed by atoms with Crippen LogP contribution in [-0.4, -0.2) is 39.5 Å². The Labute approximate surface area is 106 Å². The lowest BCUT2D eigenvalue weighted by Crippen LogP contribution is -2.13. The van der Waals surface area contributed by atoms with Crippen LogP contribution < -0.4 is 0 Å². The normalized spacial score (nSPS) is 12.6. The van der Waals surface area contributed by atoms with Gasteiger partial charge in [0, 0.05) is 26.7 Å². The molecule has 0 radical (unpaired) electrons. The number of carbonyl (C=O) groups excluding carboxylic acids is 1. The molecule has 0 N–H and O–H groups in total. The van der Waals surface area contributed by atoms with Crippen molar-refractivity contribution < 1.29 is 9.53 Å². The number of aromatic nitrogens is 3. The van der Waals surface area contributed by atoms with Gasteiger partial charge in [-0.05, 0) is 13.3 Å². The molecule has 0 saturated carbocycles. The number of ether oxygens (including phenoxy) is 1. The first-order chi connectivity index (χ1) is 8.19. The number of rotatable bonds is 8. The molecule has 0 aromatic carbocycles. The standard InChI is InChI=1S/C11H19N3O2S/c1-4-10(15)9(2)17-11-13-12-8-14(11)6-5-7-16-3/h8-9H,4-7H2,1-3H3. The van der Waals surface area contributed by atoms with Crippen LogP contribution in [0.25, 0.3) is 0 Å². The summed E-state index contributed by atoms with van der Waals surface area (Å²) >= 11 is 1.47. The van der Waals surface area contributed by atoms with E-state index in [1.807, 2.05) is 18.4 Å². The van der Waals surface area contributed by atoms with Crippen LogP contribution in [0.15, 0.2) is 11.5 Å². The number of ketones is 1. The number of hydrogen-bond acceptors (Lipinski definition) is 5. The highest BCUT2D eigenvalue weighted by Gasteiger charge is 2.15. The zero-order valence-corrected chi connectivity index (χ0v) is 11.4. The molecule has 0 aliphatic carbocycles. The average Bonchev–Trinajstić information content (AvgIpc) is 2.76. The molecule has 1 heterocycles. The molecule has 0 amide bonds. The van der Waals surface area contributed by atoms with Gasteiger partial charge in [0.05, 0.1) is 5.25 Å². The third-order valence-electron chi connectivity index (χ3n) is 2.41. The Morgan fingerprint density at radius 1 is 1.65 bits per heavy atom. The van der Waals surface area contributed by atoms with E-state index in [-0.39, 0.29) is 11.0 Å². The van der Waals surface area contributed by atoms with Crippen LogP contribution >= 0.6 is 11.8 Å². The Kier molecular flexibility index (Phi) is 6.21. The van der Waals surface area contributed by atoms with Crippen LogP contribution in [-0.2, 0) is 16.1 Å². The highest BCUT2D eigenvalue weighted by Crippen LogP contribution is 2.22. The molecule has 1 unspecified atom stereocenters. The van der Waals surface area contributed by atoms with Gasteiger partial charge in [0.2, 0.25) is 0 Å². The first-order valence-electron chi connectivity index (χ1n) is 5.75. The third-order valence-corrected chi connectivity index (χ3v) is 3.55. The minimum atomic E-state index is -0.0645. The summed E-state index contributed by atoms with van der Waals surface area (Å²) in [7, 11) is 1.68. The van der Waals surface area contributed by atoms with E-state index in [0.29, 0.717) is 13.0 Å². The van der Waals surface area contributed by atoms with Gasteiger partial charge in [0.1, 0.15) is 12.1 Å². The Morgan fingerprint density at radius 2 is 2.41 bits per heavy atom. The van der Waals surface area contributed by atoms with Crippen molar-refractivity contribution >= 4 is 17.5 Å². The maximum absolute atomic E-state index is 11.5. The largest absolute Gasteiger partial charge is 0.385 e. The monoisotopic (exact) mass is 257 g/mol. The van der Waals surface area contributed by atoms with Crippen molar-refractivity contribution in [1.82, 2.24) is 14.8 Å². The second-order valence-corrected chi connectivity index (χ2v) is 5.04. The lowest BCUT2D eigenvalue weighted by Gasteiger charge is -2.09. The molecule has 17 heavy (non-hydrogen) atoms. The molecule has 0 aliphatic rings. The predicted octanol–water partition coefficient (Wildman–Crippen LogP) is 1.77. The molecule has 0 bridgehead atoms. The van der Waals surface area contributed by atoms with E-state index >= 15 is 0 Å². The first kappa shape index (κ1) is 14.2. The minimum Gasteiger partial charge on any atom is -0.385 e. The SMILES string of the molecule is CCC(=O)C(C)Sc1nncn1CCCOC. The molecule has 0 spiro atoms. The van der Waals surface area contributed by atoms with Crippen molar-refractivity contribution in [2.45, 2.75) is 43.6 Å². The van der Waals surface area contributed by atoms with Crippen molar-refractivity contribution in [3.05, 3.63) is 6.33 Å². The molecule has 96 valence electrons. The van der Waals surface area contributed by atoms with Gasteiger partial charge in [-0.3, -0.25) is 4.79 Å². The molecular formula is C11H19N3O2S. The molecule has 0 saturated heterocycles. The zero-order chi connectivity index (χ0) is 12.7. The highest BCUT2D eigenvalue weighted by atomic mass is 32.2. The van der Waals surface area contributed by atoms with Crippen molar-refractivity contribution in [1.29, 1.82) is 0 Å². The molecule has 0 fully saturated rings. The van der Waals surface area contributed by atoms with Crippen LogP contribution in [0.4, 0.5) is 0 Å². The number of aryl methyl sites for hydroxylation is 1. The molecule has 1 atom stereocenters. The summed E-state index contributed by atoms with van der Waals surface area (Å²) in [6.45, 7) is 5.31. The van der Waals surface area contributed by atoms with Crippen molar-refractivity contribution in [3.8, 4) is 0 Å². The number of Topliss-reactive ketones (excluding diaryl/α,β-unsaturated/α-hetero) is 1. The topological polar surface area (TPSA) is 57.0 Å². The maximum atomic E-state index is 11.5. The quantitative estimate of drug-likeness (QED) is 0.525. The van der Waals surface area contributed by atoms with Crippen molar-refractivity contribution in [2.75, 3.05) is 13.7 Å². The number of hydrogen-bond donors (Lipinski definition) is 0.